The molecule has 2 atom stereocenters. The fourth-order valence-electron chi connectivity index (χ4n) is 1.47. The predicted octanol–water partition coefficient (Wildman–Crippen LogP) is 1.70. The van der Waals surface area contributed by atoms with Crippen molar-refractivity contribution < 1.29 is 12.4 Å². The highest BCUT2D eigenvalue weighted by Crippen LogP contribution is 2.60. The van der Waals surface area contributed by atoms with Crippen LogP contribution in [-0.2, 0) is 0 Å². The van der Waals surface area contributed by atoms with Crippen LogP contribution in [-0.4, -0.2) is 26.2 Å². The van der Waals surface area contributed by atoms with Crippen LogP contribution in [0.25, 0.3) is 0 Å². The number of thioether (sulfide) groups is 3. The molecular weight excluding hydrogens is 276 g/mol. The van der Waals surface area contributed by atoms with Gasteiger partial charge >= 0.3 is 0 Å². The Balaban J connectivity index is 0.00000225. The summed E-state index contributed by atoms with van der Waals surface area (Å²) in [6.45, 7) is 13.8. The van der Waals surface area contributed by atoms with E-state index in [0.29, 0.717) is 0 Å². The molecule has 0 spiro atoms. The fraction of sp³-hybridized carbons (Fsp3) is 0.917. The molecule has 1 fully saturated rings. The van der Waals surface area contributed by atoms with Crippen molar-refractivity contribution in [2.75, 3.05) is 0 Å². The minimum atomic E-state index is 0. The maximum Gasteiger partial charge on any atom is 0.213 e. The Labute approximate surface area is 120 Å². The zero-order valence-electron chi connectivity index (χ0n) is 11.0. The summed E-state index contributed by atoms with van der Waals surface area (Å²) in [7, 11) is 0. The zero-order chi connectivity index (χ0) is 11.6. The van der Waals surface area contributed by atoms with Crippen LogP contribution in [0.2, 0.25) is 0 Å². The summed E-state index contributed by atoms with van der Waals surface area (Å²) >= 11 is 6.38. The van der Waals surface area contributed by atoms with Crippen LogP contribution in [0.5, 0.6) is 0 Å². The van der Waals surface area contributed by atoms with Gasteiger partial charge in [-0.3, -0.25) is 0 Å². The van der Waals surface area contributed by atoms with E-state index in [-0.39, 0.29) is 12.4 Å². The zero-order valence-corrected chi connectivity index (χ0v) is 14.2. The molecule has 0 aromatic rings. The predicted molar refractivity (Wildman–Crippen MR) is 79.0 cm³/mol. The van der Waals surface area contributed by atoms with Crippen LogP contribution in [0, 0.1) is 5.25 Å². The van der Waals surface area contributed by atoms with Gasteiger partial charge in [0.2, 0.25) is 10.5 Å². The summed E-state index contributed by atoms with van der Waals surface area (Å²) in [5.74, 6) is 0. The lowest BCUT2D eigenvalue weighted by atomic mass is 10.6. The van der Waals surface area contributed by atoms with Crippen molar-refractivity contribution >= 4 is 35.3 Å². The molecule has 96 valence electrons. The Morgan fingerprint density at radius 3 is 1.38 bits per heavy atom. The smallest absolute Gasteiger partial charge is 0.213 e. The SMILES string of the molecule is CC(C)S[C+]1C(SC(C)C)C1SC(C)C.[Cl-]. The first-order valence-electron chi connectivity index (χ1n) is 5.76. The lowest BCUT2D eigenvalue weighted by molar-refractivity contribution is -0.00000327. The van der Waals surface area contributed by atoms with Crippen molar-refractivity contribution in [3.05, 3.63) is 5.25 Å². The van der Waals surface area contributed by atoms with E-state index in [1.165, 1.54) is 0 Å². The minimum Gasteiger partial charge on any atom is -1.00 e. The van der Waals surface area contributed by atoms with Crippen molar-refractivity contribution in [2.45, 2.75) is 67.8 Å². The van der Waals surface area contributed by atoms with Crippen molar-refractivity contribution in [1.29, 1.82) is 0 Å². The van der Waals surface area contributed by atoms with Crippen molar-refractivity contribution in [2.24, 2.45) is 0 Å². The molecule has 0 aromatic heterocycles. The highest BCUT2D eigenvalue weighted by Gasteiger charge is 2.67. The van der Waals surface area contributed by atoms with Crippen LogP contribution in [0.3, 0.4) is 0 Å². The Bertz CT molecular complexity index is 155. The second-order valence-electron chi connectivity index (χ2n) is 4.78. The van der Waals surface area contributed by atoms with Gasteiger partial charge in [0.15, 0.2) is 5.25 Å². The quantitative estimate of drug-likeness (QED) is 0.685. The van der Waals surface area contributed by atoms with Gasteiger partial charge in [-0.2, -0.15) is 0 Å². The van der Waals surface area contributed by atoms with E-state index < -0.39 is 0 Å². The summed E-state index contributed by atoms with van der Waals surface area (Å²) in [4.78, 5) is 0. The van der Waals surface area contributed by atoms with Crippen molar-refractivity contribution in [3.8, 4) is 0 Å². The van der Waals surface area contributed by atoms with Gasteiger partial charge in [-0.25, -0.2) is 0 Å². The van der Waals surface area contributed by atoms with Gasteiger partial charge in [0.25, 0.3) is 0 Å². The van der Waals surface area contributed by atoms with Gasteiger partial charge in [-0.15, -0.1) is 23.5 Å². The Morgan fingerprint density at radius 1 is 0.750 bits per heavy atom. The molecule has 1 rings (SSSR count). The highest BCUT2D eigenvalue weighted by atomic mass is 35.5. The van der Waals surface area contributed by atoms with Gasteiger partial charge in [0, 0.05) is 15.7 Å². The van der Waals surface area contributed by atoms with Gasteiger partial charge in [-0.1, -0.05) is 27.7 Å². The van der Waals surface area contributed by atoms with Crippen LogP contribution in [0.15, 0.2) is 0 Å². The van der Waals surface area contributed by atoms with Gasteiger partial charge in [0.05, 0.1) is 11.8 Å². The van der Waals surface area contributed by atoms with Crippen molar-refractivity contribution in [1.82, 2.24) is 0 Å². The van der Waals surface area contributed by atoms with Gasteiger partial charge in [0.1, 0.15) is 0 Å². The minimum absolute atomic E-state index is 0. The van der Waals surface area contributed by atoms with E-state index >= 15 is 0 Å². The molecule has 0 saturated heterocycles. The van der Waals surface area contributed by atoms with E-state index in [0.717, 1.165) is 26.2 Å². The van der Waals surface area contributed by atoms with E-state index in [4.69, 9.17) is 0 Å². The molecule has 0 radical (unpaired) electrons. The fourth-order valence-corrected chi connectivity index (χ4v) is 5.95. The molecule has 4 heteroatoms. The Morgan fingerprint density at radius 2 is 1.12 bits per heavy atom. The van der Waals surface area contributed by atoms with Gasteiger partial charge < -0.3 is 12.4 Å². The van der Waals surface area contributed by atoms with E-state index in [1.807, 2.05) is 0 Å². The first kappa shape index (κ1) is 17.2. The largest absolute Gasteiger partial charge is 1.00 e. The summed E-state index contributed by atoms with van der Waals surface area (Å²) < 4.78 is 0. The molecule has 0 aliphatic heterocycles. The molecule has 0 nitrogen and oxygen atoms in total. The topological polar surface area (TPSA) is 0 Å². The normalized spacial score (nSPS) is 24.2. The number of halogens is 1. The van der Waals surface area contributed by atoms with Crippen molar-refractivity contribution in [3.63, 3.8) is 0 Å². The highest BCUT2D eigenvalue weighted by molar-refractivity contribution is 8.11. The van der Waals surface area contributed by atoms with Gasteiger partial charge in [-0.05, 0) is 13.8 Å². The molecular formula is C12H23ClS3. The number of hydrogen-bond donors (Lipinski definition) is 0. The first-order valence-corrected chi connectivity index (χ1v) is 8.52. The maximum atomic E-state index is 2.30. The third kappa shape index (κ3) is 5.70. The molecule has 0 heterocycles. The number of hydrogen-bond acceptors (Lipinski definition) is 3. The molecule has 0 bridgehead atoms. The standard InChI is InChI=1S/C12H23S3.ClH/c1-7(2)13-10-11(14-8(3)4)12(10)15-9(5)6;/h7-11H,1-6H3;1H/q+1;/p-1. The molecule has 1 saturated carbocycles. The summed E-state index contributed by atoms with van der Waals surface area (Å²) in [5.41, 5.74) is 0. The first-order chi connectivity index (χ1) is 6.91. The van der Waals surface area contributed by atoms with E-state index in [2.05, 4.69) is 76.8 Å². The molecule has 2 unspecified atom stereocenters. The van der Waals surface area contributed by atoms with Crippen LogP contribution in [0.4, 0.5) is 0 Å². The third-order valence-electron chi connectivity index (χ3n) is 1.94. The maximum absolute atomic E-state index is 2.30. The average molecular weight is 299 g/mol. The summed E-state index contributed by atoms with van der Waals surface area (Å²) in [6.07, 6.45) is 0. The second kappa shape index (κ2) is 7.60. The molecule has 1 aliphatic rings. The lowest BCUT2D eigenvalue weighted by Gasteiger charge is -1.98. The summed E-state index contributed by atoms with van der Waals surface area (Å²) in [5, 5.41) is 5.65. The van der Waals surface area contributed by atoms with Crippen LogP contribution >= 0.6 is 35.3 Å². The van der Waals surface area contributed by atoms with E-state index in [1.54, 1.807) is 5.25 Å². The van der Waals surface area contributed by atoms with Crippen LogP contribution in [0.1, 0.15) is 41.5 Å². The Kier molecular flexibility index (Phi) is 8.18. The monoisotopic (exact) mass is 298 g/mol. The number of rotatable bonds is 6. The molecule has 0 N–H and O–H groups in total. The average Bonchev–Trinajstić information content (AvgIpc) is 2.60. The molecule has 0 aromatic carbocycles. The van der Waals surface area contributed by atoms with E-state index in [9.17, 15) is 0 Å². The second-order valence-corrected chi connectivity index (χ2v) is 9.88. The molecule has 16 heavy (non-hydrogen) atoms. The third-order valence-corrected chi connectivity index (χ3v) is 6.39. The Hall–Kier alpha value is 1.21. The molecule has 1 aliphatic carbocycles. The summed E-state index contributed by atoms with van der Waals surface area (Å²) in [6, 6.07) is 0. The lowest BCUT2D eigenvalue weighted by Crippen LogP contribution is -3.00. The molecule has 0 amide bonds. The van der Waals surface area contributed by atoms with Crippen LogP contribution < -0.4 is 12.4 Å².